The van der Waals surface area contributed by atoms with Gasteiger partial charge in [-0.3, -0.25) is 19.2 Å². The molecule has 0 aromatic carbocycles. The van der Waals surface area contributed by atoms with Crippen LogP contribution >= 0.6 is 0 Å². The minimum atomic E-state index is -1.06. The SMILES string of the molecule is CC.CC(C)C(=O)C(CC(N)=O)NC(=O)C(C)NC(=O)C(C)NC(N)=O. The van der Waals surface area contributed by atoms with Gasteiger partial charge in [-0.1, -0.05) is 27.7 Å². The van der Waals surface area contributed by atoms with E-state index in [1.54, 1.807) is 13.8 Å². The van der Waals surface area contributed by atoms with Crippen LogP contribution in [0.1, 0.15) is 48.0 Å². The topological polar surface area (TPSA) is 173 Å². The second kappa shape index (κ2) is 12.7. The number of ketones is 1. The van der Waals surface area contributed by atoms with Crippen LogP contribution in [-0.2, 0) is 19.2 Å². The normalized spacial score (nSPS) is 13.3. The molecule has 0 rings (SSSR count). The largest absolute Gasteiger partial charge is 0.370 e. The number of hydrogen-bond acceptors (Lipinski definition) is 5. The van der Waals surface area contributed by atoms with Crippen molar-refractivity contribution in [3.8, 4) is 0 Å². The van der Waals surface area contributed by atoms with Crippen LogP contribution in [0.5, 0.6) is 0 Å². The van der Waals surface area contributed by atoms with Gasteiger partial charge in [0.15, 0.2) is 5.78 Å². The van der Waals surface area contributed by atoms with Gasteiger partial charge in [0.05, 0.1) is 12.5 Å². The molecule has 0 aromatic rings. The number of carbonyl (C=O) groups is 5. The van der Waals surface area contributed by atoms with Crippen LogP contribution in [0.2, 0.25) is 0 Å². The minimum absolute atomic E-state index is 0.330. The number of nitrogens with two attached hydrogens (primary N) is 2. The maximum atomic E-state index is 12.1. The van der Waals surface area contributed by atoms with E-state index >= 15 is 0 Å². The lowest BCUT2D eigenvalue weighted by atomic mass is 9.98. The molecular weight excluding hydrogens is 342 g/mol. The summed E-state index contributed by atoms with van der Waals surface area (Å²) >= 11 is 0. The molecule has 0 spiro atoms. The number of rotatable bonds is 9. The highest BCUT2D eigenvalue weighted by Crippen LogP contribution is 2.04. The molecule has 3 unspecified atom stereocenters. The van der Waals surface area contributed by atoms with Gasteiger partial charge in [0, 0.05) is 5.92 Å². The molecule has 0 radical (unpaired) electrons. The van der Waals surface area contributed by atoms with E-state index in [4.69, 9.17) is 11.5 Å². The smallest absolute Gasteiger partial charge is 0.312 e. The molecule has 3 atom stereocenters. The van der Waals surface area contributed by atoms with E-state index in [2.05, 4.69) is 16.0 Å². The van der Waals surface area contributed by atoms with Gasteiger partial charge in [0.2, 0.25) is 17.7 Å². The zero-order valence-corrected chi connectivity index (χ0v) is 16.2. The van der Waals surface area contributed by atoms with Crippen molar-refractivity contribution >= 4 is 29.5 Å². The first-order chi connectivity index (χ1) is 12.0. The summed E-state index contributed by atoms with van der Waals surface area (Å²) in [7, 11) is 0. The Bertz CT molecular complexity index is 521. The maximum absolute atomic E-state index is 12.1. The van der Waals surface area contributed by atoms with Gasteiger partial charge in [-0.25, -0.2) is 4.79 Å². The van der Waals surface area contributed by atoms with Gasteiger partial charge in [0.1, 0.15) is 12.1 Å². The maximum Gasteiger partial charge on any atom is 0.312 e. The average Bonchev–Trinajstić information content (AvgIpc) is 2.53. The van der Waals surface area contributed by atoms with Gasteiger partial charge in [-0.2, -0.15) is 0 Å². The zero-order valence-electron chi connectivity index (χ0n) is 16.2. The monoisotopic (exact) mass is 373 g/mol. The number of primary amides is 2. The van der Waals surface area contributed by atoms with E-state index < -0.39 is 47.8 Å². The Balaban J connectivity index is 0. The van der Waals surface area contributed by atoms with Crippen molar-refractivity contribution in [3.05, 3.63) is 0 Å². The highest BCUT2D eigenvalue weighted by Gasteiger charge is 2.28. The lowest BCUT2D eigenvalue weighted by Gasteiger charge is -2.22. The Morgan fingerprint density at radius 2 is 1.19 bits per heavy atom. The molecule has 0 saturated carbocycles. The van der Waals surface area contributed by atoms with Gasteiger partial charge >= 0.3 is 6.03 Å². The van der Waals surface area contributed by atoms with E-state index in [-0.39, 0.29) is 12.2 Å². The summed E-state index contributed by atoms with van der Waals surface area (Å²) in [5.41, 5.74) is 9.99. The first-order valence-corrected chi connectivity index (χ1v) is 8.44. The first-order valence-electron chi connectivity index (χ1n) is 8.44. The number of carbonyl (C=O) groups excluding carboxylic acids is 5. The van der Waals surface area contributed by atoms with Crippen LogP contribution in [0.4, 0.5) is 4.79 Å². The molecule has 0 fully saturated rings. The predicted octanol–water partition coefficient (Wildman–Crippen LogP) is -0.841. The van der Waals surface area contributed by atoms with E-state index in [1.165, 1.54) is 13.8 Å². The number of nitrogens with one attached hydrogen (secondary N) is 3. The fourth-order valence-electron chi connectivity index (χ4n) is 1.81. The summed E-state index contributed by atoms with van der Waals surface area (Å²) in [6.45, 7) is 10.0. The Morgan fingerprint density at radius 3 is 1.58 bits per heavy atom. The van der Waals surface area contributed by atoms with Crippen molar-refractivity contribution in [1.29, 1.82) is 0 Å². The fourth-order valence-corrected chi connectivity index (χ4v) is 1.81. The second-order valence-corrected chi connectivity index (χ2v) is 5.75. The summed E-state index contributed by atoms with van der Waals surface area (Å²) in [6, 6.07) is -3.87. The van der Waals surface area contributed by atoms with Crippen LogP contribution in [0.15, 0.2) is 0 Å². The fraction of sp³-hybridized carbons (Fsp3) is 0.688. The van der Waals surface area contributed by atoms with Crippen molar-refractivity contribution in [1.82, 2.24) is 16.0 Å². The van der Waals surface area contributed by atoms with Crippen molar-refractivity contribution in [3.63, 3.8) is 0 Å². The summed E-state index contributed by atoms with van der Waals surface area (Å²) in [4.78, 5) is 57.7. The van der Waals surface area contributed by atoms with Crippen molar-refractivity contribution in [2.75, 3.05) is 0 Å². The van der Waals surface area contributed by atoms with Crippen LogP contribution in [0.3, 0.4) is 0 Å². The number of urea groups is 1. The Morgan fingerprint density at radius 1 is 0.769 bits per heavy atom. The van der Waals surface area contributed by atoms with E-state index in [0.717, 1.165) is 0 Å². The molecule has 0 bridgehead atoms. The molecule has 0 aliphatic heterocycles. The number of hydrogen-bond donors (Lipinski definition) is 5. The molecule has 26 heavy (non-hydrogen) atoms. The molecule has 0 saturated heterocycles. The van der Waals surface area contributed by atoms with Crippen molar-refractivity contribution in [2.45, 2.75) is 66.1 Å². The average molecular weight is 373 g/mol. The Kier molecular flexibility index (Phi) is 12.5. The Hall–Kier alpha value is -2.65. The quantitative estimate of drug-likeness (QED) is 0.354. The standard InChI is InChI=1S/C14H25N5O5.C2H6/c1-6(2)11(21)9(5-10(15)20)19-13(23)7(3)17-12(22)8(4)18-14(16)24;1-2/h6-9H,5H2,1-4H3,(H2,15,20)(H,17,22)(H,19,23)(H3,16,18,24);1-2H3. The molecule has 0 aliphatic rings. The van der Waals surface area contributed by atoms with Crippen LogP contribution in [0, 0.1) is 5.92 Å². The molecule has 7 N–H and O–H groups in total. The van der Waals surface area contributed by atoms with Crippen molar-refractivity contribution < 1.29 is 24.0 Å². The van der Waals surface area contributed by atoms with E-state index in [1.807, 2.05) is 13.8 Å². The number of Topliss-reactive ketones (excluding diaryl/α,β-unsaturated/α-hetero) is 1. The highest BCUT2D eigenvalue weighted by molar-refractivity contribution is 5.96. The summed E-state index contributed by atoms with van der Waals surface area (Å²) in [5, 5.41) is 6.93. The van der Waals surface area contributed by atoms with Gasteiger partial charge in [0.25, 0.3) is 0 Å². The van der Waals surface area contributed by atoms with Gasteiger partial charge in [-0.15, -0.1) is 0 Å². The molecule has 5 amide bonds. The summed E-state index contributed by atoms with van der Waals surface area (Å²) in [6.07, 6.45) is -0.330. The van der Waals surface area contributed by atoms with Gasteiger partial charge in [-0.05, 0) is 13.8 Å². The molecule has 0 aromatic heterocycles. The Labute approximate surface area is 153 Å². The molecule has 10 nitrogen and oxygen atoms in total. The number of amides is 5. The summed E-state index contributed by atoms with van der Waals surface area (Å²) in [5.74, 6) is -2.76. The summed E-state index contributed by atoms with van der Waals surface area (Å²) < 4.78 is 0. The van der Waals surface area contributed by atoms with Crippen LogP contribution in [-0.4, -0.2) is 47.7 Å². The van der Waals surface area contributed by atoms with Crippen LogP contribution in [0.25, 0.3) is 0 Å². The molecule has 0 heterocycles. The first kappa shape index (κ1) is 25.6. The van der Waals surface area contributed by atoms with Gasteiger partial charge < -0.3 is 27.4 Å². The third-order valence-corrected chi connectivity index (χ3v) is 3.14. The lowest BCUT2D eigenvalue weighted by molar-refractivity contribution is -0.133. The van der Waals surface area contributed by atoms with Crippen molar-refractivity contribution in [2.24, 2.45) is 17.4 Å². The lowest BCUT2D eigenvalue weighted by Crippen LogP contribution is -2.55. The molecule has 150 valence electrons. The predicted molar refractivity (Wildman–Crippen MR) is 96.7 cm³/mol. The molecule has 10 heteroatoms. The van der Waals surface area contributed by atoms with E-state index in [0.29, 0.717) is 0 Å². The second-order valence-electron chi connectivity index (χ2n) is 5.75. The van der Waals surface area contributed by atoms with Crippen LogP contribution < -0.4 is 27.4 Å². The third kappa shape index (κ3) is 10.3. The minimum Gasteiger partial charge on any atom is -0.370 e. The zero-order chi connectivity index (χ0) is 21.0. The molecule has 0 aliphatic carbocycles. The highest BCUT2D eigenvalue weighted by atomic mass is 16.2. The molecular formula is C16H31N5O5. The third-order valence-electron chi connectivity index (χ3n) is 3.14. The van der Waals surface area contributed by atoms with E-state index in [9.17, 15) is 24.0 Å².